The van der Waals surface area contributed by atoms with Gasteiger partial charge in [0.2, 0.25) is 11.8 Å². The van der Waals surface area contributed by atoms with E-state index >= 15 is 0 Å². The SMILES string of the molecule is CC(CCC(=O)NC(CCC(N)=O)C(=O)O)C1CCC2C3C(O)CC4CC(O)CCC4(C)C3CC(O)C12C. The molecule has 4 aliphatic carbocycles. The number of carbonyl (C=O) groups excluding carboxylic acids is 2. The Bertz CT molecular complexity index is 913. The zero-order valence-electron chi connectivity index (χ0n) is 23.1. The lowest BCUT2D eigenvalue weighted by molar-refractivity contribution is -0.207. The number of carbonyl (C=O) groups is 3. The van der Waals surface area contributed by atoms with Crippen LogP contribution in [-0.4, -0.2) is 62.6 Å². The van der Waals surface area contributed by atoms with Crippen molar-refractivity contribution >= 4 is 17.8 Å². The monoisotopic (exact) mass is 536 g/mol. The number of aliphatic carboxylic acids is 1. The van der Waals surface area contributed by atoms with Crippen molar-refractivity contribution in [3.8, 4) is 0 Å². The number of amides is 2. The Hall–Kier alpha value is -1.71. The third kappa shape index (κ3) is 5.22. The highest BCUT2D eigenvalue weighted by Crippen LogP contribution is 2.68. The van der Waals surface area contributed by atoms with E-state index in [0.29, 0.717) is 12.8 Å². The van der Waals surface area contributed by atoms with Crippen LogP contribution in [0.1, 0.15) is 91.4 Å². The first-order chi connectivity index (χ1) is 17.8. The van der Waals surface area contributed by atoms with Crippen molar-refractivity contribution in [1.29, 1.82) is 0 Å². The van der Waals surface area contributed by atoms with Gasteiger partial charge in [0.15, 0.2) is 0 Å². The molecule has 0 aromatic carbocycles. The average molecular weight is 537 g/mol. The number of nitrogens with two attached hydrogens (primary N) is 1. The molecule has 0 spiro atoms. The molecular formula is C29H48N2O7. The van der Waals surface area contributed by atoms with Gasteiger partial charge in [-0.25, -0.2) is 4.79 Å². The lowest BCUT2D eigenvalue weighted by Crippen LogP contribution is -2.62. The van der Waals surface area contributed by atoms with Gasteiger partial charge in [0, 0.05) is 12.8 Å². The van der Waals surface area contributed by atoms with Crippen LogP contribution >= 0.6 is 0 Å². The lowest BCUT2D eigenvalue weighted by atomic mass is 9.43. The Morgan fingerprint density at radius 1 is 0.974 bits per heavy atom. The third-order valence-electron chi connectivity index (χ3n) is 11.7. The van der Waals surface area contributed by atoms with Gasteiger partial charge in [0.05, 0.1) is 18.3 Å². The molecule has 7 N–H and O–H groups in total. The van der Waals surface area contributed by atoms with Crippen LogP contribution in [0.3, 0.4) is 0 Å². The van der Waals surface area contributed by atoms with E-state index < -0.39 is 30.1 Å². The fourth-order valence-electron chi connectivity index (χ4n) is 9.50. The molecule has 0 saturated heterocycles. The third-order valence-corrected chi connectivity index (χ3v) is 11.7. The predicted molar refractivity (Wildman–Crippen MR) is 140 cm³/mol. The minimum absolute atomic E-state index is 0.0302. The molecule has 4 fully saturated rings. The number of carboxylic acid groups (broad SMARTS) is 1. The highest BCUT2D eigenvalue weighted by molar-refractivity contribution is 5.84. The van der Waals surface area contributed by atoms with Gasteiger partial charge in [-0.1, -0.05) is 20.8 Å². The number of carboxylic acids is 1. The van der Waals surface area contributed by atoms with Crippen molar-refractivity contribution in [2.24, 2.45) is 52.1 Å². The smallest absolute Gasteiger partial charge is 0.326 e. The number of hydrogen-bond donors (Lipinski definition) is 6. The van der Waals surface area contributed by atoms with Gasteiger partial charge in [-0.05, 0) is 104 Å². The zero-order chi connectivity index (χ0) is 28.0. The summed E-state index contributed by atoms with van der Waals surface area (Å²) in [5.41, 5.74) is 4.80. The van der Waals surface area contributed by atoms with Crippen LogP contribution in [-0.2, 0) is 14.4 Å². The second kappa shape index (κ2) is 11.0. The fraction of sp³-hybridized carbons (Fsp3) is 0.897. The van der Waals surface area contributed by atoms with E-state index in [-0.39, 0.29) is 77.6 Å². The van der Waals surface area contributed by atoms with Gasteiger partial charge < -0.3 is 31.5 Å². The molecule has 2 amide bonds. The molecule has 12 atom stereocenters. The van der Waals surface area contributed by atoms with Crippen molar-refractivity contribution in [2.45, 2.75) is 116 Å². The highest BCUT2D eigenvalue weighted by Gasteiger charge is 2.65. The second-order valence-electron chi connectivity index (χ2n) is 13.5. The maximum absolute atomic E-state index is 12.6. The summed E-state index contributed by atoms with van der Waals surface area (Å²) >= 11 is 0. The summed E-state index contributed by atoms with van der Waals surface area (Å²) in [5, 5.41) is 45.3. The average Bonchev–Trinajstić information content (AvgIpc) is 3.20. The highest BCUT2D eigenvalue weighted by atomic mass is 16.4. The van der Waals surface area contributed by atoms with E-state index in [4.69, 9.17) is 5.73 Å². The van der Waals surface area contributed by atoms with Crippen LogP contribution in [0.5, 0.6) is 0 Å². The Kier molecular flexibility index (Phi) is 8.51. The first kappa shape index (κ1) is 29.3. The molecule has 9 nitrogen and oxygen atoms in total. The van der Waals surface area contributed by atoms with E-state index in [1.54, 1.807) is 0 Å². The van der Waals surface area contributed by atoms with E-state index in [1.165, 1.54) is 0 Å². The number of primary amides is 1. The lowest BCUT2D eigenvalue weighted by Gasteiger charge is -2.63. The van der Waals surface area contributed by atoms with Crippen LogP contribution in [0.4, 0.5) is 0 Å². The largest absolute Gasteiger partial charge is 0.480 e. The fourth-order valence-corrected chi connectivity index (χ4v) is 9.50. The summed E-state index contributed by atoms with van der Waals surface area (Å²) in [7, 11) is 0. The minimum atomic E-state index is -1.19. The standard InChI is InChI=1S/C29H48N2O7/c1-15(4-9-25(36)31-21(27(37)38)7-8-24(30)35)18-5-6-19-26-20(14-23(34)29(18,19)3)28(2)11-10-17(32)12-16(28)13-22(26)33/h15-23,26,32-34H,4-14H2,1-3H3,(H2,30,35)(H,31,36)(H,37,38). The molecule has 0 aliphatic heterocycles. The summed E-state index contributed by atoms with van der Waals surface area (Å²) < 4.78 is 0. The van der Waals surface area contributed by atoms with Gasteiger partial charge in [-0.3, -0.25) is 9.59 Å². The van der Waals surface area contributed by atoms with Crippen molar-refractivity contribution in [3.05, 3.63) is 0 Å². The molecule has 9 heteroatoms. The molecule has 4 rings (SSSR count). The summed E-state index contributed by atoms with van der Waals surface area (Å²) in [6, 6.07) is -1.14. The molecule has 0 bridgehead atoms. The van der Waals surface area contributed by atoms with Crippen molar-refractivity contribution in [2.75, 3.05) is 0 Å². The van der Waals surface area contributed by atoms with Crippen LogP contribution in [0.25, 0.3) is 0 Å². The van der Waals surface area contributed by atoms with Gasteiger partial charge in [0.1, 0.15) is 6.04 Å². The second-order valence-corrected chi connectivity index (χ2v) is 13.5. The van der Waals surface area contributed by atoms with Crippen molar-refractivity contribution in [3.63, 3.8) is 0 Å². The van der Waals surface area contributed by atoms with Crippen LogP contribution in [0.15, 0.2) is 0 Å². The molecule has 216 valence electrons. The normalized spacial score (nSPS) is 43.7. The Morgan fingerprint density at radius 2 is 1.68 bits per heavy atom. The van der Waals surface area contributed by atoms with Crippen LogP contribution < -0.4 is 11.1 Å². The van der Waals surface area contributed by atoms with Crippen LogP contribution in [0, 0.1) is 46.3 Å². The predicted octanol–water partition coefficient (Wildman–Crippen LogP) is 2.20. The number of aliphatic hydroxyl groups is 3. The van der Waals surface area contributed by atoms with Crippen molar-refractivity contribution < 1.29 is 34.8 Å². The maximum Gasteiger partial charge on any atom is 0.326 e. The molecule has 0 heterocycles. The Morgan fingerprint density at radius 3 is 2.34 bits per heavy atom. The van der Waals surface area contributed by atoms with Crippen molar-refractivity contribution in [1.82, 2.24) is 5.32 Å². The molecular weight excluding hydrogens is 488 g/mol. The van der Waals surface area contributed by atoms with Gasteiger partial charge >= 0.3 is 5.97 Å². The molecule has 0 radical (unpaired) electrons. The number of rotatable bonds is 9. The van der Waals surface area contributed by atoms with Crippen LogP contribution in [0.2, 0.25) is 0 Å². The van der Waals surface area contributed by atoms with E-state index in [0.717, 1.165) is 38.5 Å². The molecule has 4 aliphatic rings. The maximum atomic E-state index is 12.6. The quantitative estimate of drug-likeness (QED) is 0.262. The Balaban J connectivity index is 1.42. The first-order valence-electron chi connectivity index (χ1n) is 14.6. The molecule has 4 saturated carbocycles. The number of hydrogen-bond acceptors (Lipinski definition) is 6. The number of aliphatic hydroxyl groups excluding tert-OH is 3. The summed E-state index contributed by atoms with van der Waals surface area (Å²) in [5.74, 6) is -0.935. The number of nitrogens with one attached hydrogen (secondary N) is 1. The Labute approximate surface area is 225 Å². The summed E-state index contributed by atoms with van der Waals surface area (Å²) in [6.45, 7) is 6.62. The van der Waals surface area contributed by atoms with E-state index in [9.17, 15) is 34.8 Å². The zero-order valence-corrected chi connectivity index (χ0v) is 23.1. The molecule has 0 aromatic heterocycles. The first-order valence-corrected chi connectivity index (χ1v) is 14.6. The van der Waals surface area contributed by atoms with E-state index in [1.807, 2.05) is 0 Å². The summed E-state index contributed by atoms with van der Waals surface area (Å²) in [6.07, 6.45) is 5.13. The van der Waals surface area contributed by atoms with Gasteiger partial charge in [-0.15, -0.1) is 0 Å². The van der Waals surface area contributed by atoms with Gasteiger partial charge in [0.25, 0.3) is 0 Å². The molecule has 0 aromatic rings. The number of fused-ring (bicyclic) bond motifs is 5. The summed E-state index contributed by atoms with van der Waals surface area (Å²) in [4.78, 5) is 35.1. The van der Waals surface area contributed by atoms with Gasteiger partial charge in [-0.2, -0.15) is 0 Å². The molecule has 38 heavy (non-hydrogen) atoms. The van der Waals surface area contributed by atoms with E-state index in [2.05, 4.69) is 26.1 Å². The minimum Gasteiger partial charge on any atom is -0.480 e. The molecule has 12 unspecified atom stereocenters. The topological polar surface area (TPSA) is 170 Å².